The number of ether oxygens (including phenoxy) is 2. The number of fused-ring (bicyclic) bond motifs is 2. The van der Waals surface area contributed by atoms with Crippen LogP contribution in [0.25, 0.3) is 21.8 Å². The first kappa shape index (κ1) is 20.9. The van der Waals surface area contributed by atoms with Crippen LogP contribution in [0.3, 0.4) is 0 Å². The number of hydrogen-bond donors (Lipinski definition) is 2. The molecule has 0 spiro atoms. The van der Waals surface area contributed by atoms with Gasteiger partial charge in [-0.2, -0.15) is 0 Å². The first-order valence-corrected chi connectivity index (χ1v) is 10.2. The average Bonchev–Trinajstić information content (AvgIpc) is 2.77. The molecule has 31 heavy (non-hydrogen) atoms. The van der Waals surface area contributed by atoms with Crippen LogP contribution in [0.1, 0.15) is 24.2 Å². The fraction of sp³-hybridized carbons (Fsp3) is 0.348. The Morgan fingerprint density at radius 2 is 1.81 bits per heavy atom. The van der Waals surface area contributed by atoms with Crippen LogP contribution in [0.4, 0.5) is 4.79 Å². The lowest BCUT2D eigenvalue weighted by atomic mass is 10.0. The van der Waals surface area contributed by atoms with Crippen molar-refractivity contribution in [2.45, 2.75) is 19.4 Å². The molecule has 1 saturated heterocycles. The topological polar surface area (TPSA) is 101 Å². The number of nitrogens with zero attached hydrogens (tertiary/aromatic N) is 1. The zero-order valence-electron chi connectivity index (χ0n) is 17.6. The van der Waals surface area contributed by atoms with Gasteiger partial charge in [0.1, 0.15) is 6.61 Å². The molecule has 0 aliphatic carbocycles. The number of amides is 2. The predicted molar refractivity (Wildman–Crippen MR) is 117 cm³/mol. The molecule has 0 atom stereocenters. The molecule has 2 aromatic carbocycles. The number of aromatic nitrogens is 1. The number of aromatic amines is 1. The number of rotatable bonds is 4. The molecular formula is C23H25N3O5. The van der Waals surface area contributed by atoms with Crippen molar-refractivity contribution in [2.24, 2.45) is 0 Å². The van der Waals surface area contributed by atoms with Crippen LogP contribution in [0.15, 0.2) is 47.3 Å². The lowest BCUT2D eigenvalue weighted by molar-refractivity contribution is 0.0203. The molecule has 0 bridgehead atoms. The monoisotopic (exact) mass is 423 g/mol. The van der Waals surface area contributed by atoms with Crippen LogP contribution < -0.4 is 10.7 Å². The van der Waals surface area contributed by atoms with Crippen molar-refractivity contribution in [3.63, 3.8) is 0 Å². The maximum atomic E-state index is 12.8. The van der Waals surface area contributed by atoms with Crippen molar-refractivity contribution < 1.29 is 19.1 Å². The lowest BCUT2D eigenvalue weighted by Gasteiger charge is -2.30. The summed E-state index contributed by atoms with van der Waals surface area (Å²) in [4.78, 5) is 42.5. The Kier molecular flexibility index (Phi) is 5.65. The van der Waals surface area contributed by atoms with Gasteiger partial charge in [-0.15, -0.1) is 0 Å². The largest absolute Gasteiger partial charge is 0.447 e. The molecule has 1 fully saturated rings. The molecule has 4 rings (SSSR count). The lowest BCUT2D eigenvalue weighted by Crippen LogP contribution is -2.49. The summed E-state index contributed by atoms with van der Waals surface area (Å²) in [6.07, 6.45) is -0.416. The molecule has 8 nitrogen and oxygen atoms in total. The Labute approximate surface area is 179 Å². The Balaban J connectivity index is 1.47. The van der Waals surface area contributed by atoms with E-state index in [9.17, 15) is 14.4 Å². The number of carbonyl (C=O) groups excluding carboxylic acids is 2. The Hall–Kier alpha value is -3.39. The fourth-order valence-corrected chi connectivity index (χ4v) is 3.56. The molecule has 2 heterocycles. The van der Waals surface area contributed by atoms with Crippen molar-refractivity contribution in [3.8, 4) is 0 Å². The Morgan fingerprint density at radius 3 is 2.58 bits per heavy atom. The third-order valence-corrected chi connectivity index (χ3v) is 5.25. The molecule has 3 aromatic rings. The highest BCUT2D eigenvalue weighted by Crippen LogP contribution is 2.17. The summed E-state index contributed by atoms with van der Waals surface area (Å²) >= 11 is 0. The summed E-state index contributed by atoms with van der Waals surface area (Å²) in [6, 6.07) is 12.2. The van der Waals surface area contributed by atoms with Gasteiger partial charge in [0.2, 0.25) is 0 Å². The molecule has 2 N–H and O–H groups in total. The van der Waals surface area contributed by atoms with Crippen LogP contribution in [-0.4, -0.2) is 60.3 Å². The van der Waals surface area contributed by atoms with Crippen molar-refractivity contribution in [2.75, 3.05) is 32.9 Å². The number of hydrogen-bond acceptors (Lipinski definition) is 5. The summed E-state index contributed by atoms with van der Waals surface area (Å²) in [6.45, 7) is 5.58. The molecule has 2 amide bonds. The van der Waals surface area contributed by atoms with Crippen LogP contribution in [0.2, 0.25) is 0 Å². The molecule has 8 heteroatoms. The molecule has 1 aliphatic rings. The first-order chi connectivity index (χ1) is 14.8. The van der Waals surface area contributed by atoms with E-state index >= 15 is 0 Å². The maximum absolute atomic E-state index is 12.8. The van der Waals surface area contributed by atoms with Crippen LogP contribution >= 0.6 is 0 Å². The average molecular weight is 423 g/mol. The third-order valence-electron chi connectivity index (χ3n) is 5.25. The number of H-pyrrole nitrogens is 1. The van der Waals surface area contributed by atoms with Gasteiger partial charge < -0.3 is 24.7 Å². The summed E-state index contributed by atoms with van der Waals surface area (Å²) in [5, 5.41) is 4.02. The summed E-state index contributed by atoms with van der Waals surface area (Å²) in [7, 11) is 0. The Bertz CT molecular complexity index is 1190. The van der Waals surface area contributed by atoms with E-state index in [0.717, 1.165) is 0 Å². The summed E-state index contributed by atoms with van der Waals surface area (Å²) in [5.41, 5.74) is 0.864. The van der Waals surface area contributed by atoms with Crippen LogP contribution in [0.5, 0.6) is 0 Å². The SMILES string of the molecule is CC(C)(COC(=O)N1CCOCC1)NC(=O)c1ccc2c(=O)c3ccccc3[nH]c2c1. The van der Waals surface area contributed by atoms with E-state index in [4.69, 9.17) is 9.47 Å². The zero-order chi connectivity index (χ0) is 22.0. The highest BCUT2D eigenvalue weighted by atomic mass is 16.6. The number of para-hydroxylation sites is 1. The molecule has 1 aromatic heterocycles. The minimum Gasteiger partial charge on any atom is -0.447 e. The van der Waals surface area contributed by atoms with Crippen molar-refractivity contribution >= 4 is 33.8 Å². The fourth-order valence-electron chi connectivity index (χ4n) is 3.56. The number of benzene rings is 2. The quantitative estimate of drug-likeness (QED) is 0.629. The van der Waals surface area contributed by atoms with Gasteiger partial charge >= 0.3 is 6.09 Å². The van der Waals surface area contributed by atoms with E-state index < -0.39 is 11.6 Å². The van der Waals surface area contributed by atoms with Crippen molar-refractivity contribution in [1.29, 1.82) is 0 Å². The summed E-state index contributed by atoms with van der Waals surface area (Å²) < 4.78 is 10.6. The van der Waals surface area contributed by atoms with Gasteiger partial charge in [0.15, 0.2) is 5.43 Å². The normalized spacial score (nSPS) is 14.6. The van der Waals surface area contributed by atoms with Gasteiger partial charge in [-0.25, -0.2) is 4.79 Å². The van der Waals surface area contributed by atoms with E-state index in [1.807, 2.05) is 18.2 Å². The van der Waals surface area contributed by atoms with E-state index in [-0.39, 0.29) is 17.9 Å². The van der Waals surface area contributed by atoms with Gasteiger partial charge in [0.25, 0.3) is 5.91 Å². The standard InChI is InChI=1S/C23H25N3O5/c1-23(2,14-31-22(29)26-9-11-30-12-10-26)25-21(28)15-7-8-17-19(13-15)24-18-6-4-3-5-16(18)20(17)27/h3-8,13H,9-12,14H2,1-2H3,(H,24,27)(H,25,28). The Morgan fingerprint density at radius 1 is 1.10 bits per heavy atom. The van der Waals surface area contributed by atoms with Crippen LogP contribution in [0, 0.1) is 0 Å². The smallest absolute Gasteiger partial charge is 0.409 e. The highest BCUT2D eigenvalue weighted by Gasteiger charge is 2.26. The van der Waals surface area contributed by atoms with Gasteiger partial charge in [0, 0.05) is 34.9 Å². The highest BCUT2D eigenvalue weighted by molar-refractivity contribution is 6.00. The van der Waals surface area contributed by atoms with Gasteiger partial charge in [0.05, 0.1) is 24.3 Å². The molecule has 162 valence electrons. The first-order valence-electron chi connectivity index (χ1n) is 10.2. The number of nitrogens with one attached hydrogen (secondary N) is 2. The maximum Gasteiger partial charge on any atom is 0.409 e. The number of pyridine rings is 1. The van der Waals surface area contributed by atoms with E-state index in [0.29, 0.717) is 53.7 Å². The van der Waals surface area contributed by atoms with E-state index in [2.05, 4.69) is 10.3 Å². The van der Waals surface area contributed by atoms with Crippen LogP contribution in [-0.2, 0) is 9.47 Å². The molecule has 0 unspecified atom stereocenters. The third kappa shape index (κ3) is 4.54. The van der Waals surface area contributed by atoms with Crippen molar-refractivity contribution in [3.05, 3.63) is 58.3 Å². The van der Waals surface area contributed by atoms with Gasteiger partial charge in [-0.1, -0.05) is 12.1 Å². The van der Waals surface area contributed by atoms with Crippen molar-refractivity contribution in [1.82, 2.24) is 15.2 Å². The predicted octanol–water partition coefficient (Wildman–Crippen LogP) is 2.66. The second kappa shape index (κ2) is 8.39. The molecule has 0 radical (unpaired) electrons. The number of carbonyl (C=O) groups is 2. The van der Waals surface area contributed by atoms with Gasteiger partial charge in [-0.05, 0) is 44.2 Å². The minimum atomic E-state index is -0.773. The minimum absolute atomic E-state index is 0.0317. The second-order valence-electron chi connectivity index (χ2n) is 8.25. The zero-order valence-corrected chi connectivity index (χ0v) is 17.6. The molecule has 0 saturated carbocycles. The van der Waals surface area contributed by atoms with E-state index in [1.54, 1.807) is 43.0 Å². The number of morpholine rings is 1. The second-order valence-corrected chi connectivity index (χ2v) is 8.25. The molecule has 1 aliphatic heterocycles. The van der Waals surface area contributed by atoms with Gasteiger partial charge in [-0.3, -0.25) is 9.59 Å². The summed E-state index contributed by atoms with van der Waals surface area (Å²) in [5.74, 6) is -0.316. The van der Waals surface area contributed by atoms with E-state index in [1.165, 1.54) is 0 Å². The molecular weight excluding hydrogens is 398 g/mol.